The molecule has 2 rings (SSSR count). The molecule has 1 aromatic heterocycles. The molecule has 0 unspecified atom stereocenters. The highest BCUT2D eigenvalue weighted by Gasteiger charge is 2.28. The number of nitriles is 1. The van der Waals surface area contributed by atoms with E-state index >= 15 is 0 Å². The molecule has 21 heavy (non-hydrogen) atoms. The Hall–Kier alpha value is -2.13. The van der Waals surface area contributed by atoms with E-state index < -0.39 is 11.6 Å². The van der Waals surface area contributed by atoms with Crippen LogP contribution in [0.1, 0.15) is 42.4 Å². The summed E-state index contributed by atoms with van der Waals surface area (Å²) < 4.78 is 5.34. The molecule has 1 aromatic rings. The van der Waals surface area contributed by atoms with Gasteiger partial charge in [0.1, 0.15) is 17.5 Å². The van der Waals surface area contributed by atoms with Gasteiger partial charge in [-0.3, -0.25) is 0 Å². The number of carbonyl (C=O) groups excluding carboxylic acids is 1. The fourth-order valence-electron chi connectivity index (χ4n) is 2.14. The number of nitrogens with two attached hydrogens (primary N) is 1. The van der Waals surface area contributed by atoms with E-state index in [1.165, 1.54) is 0 Å². The van der Waals surface area contributed by atoms with Gasteiger partial charge in [-0.15, -0.1) is 0 Å². The molecule has 6 nitrogen and oxygen atoms in total. The lowest BCUT2D eigenvalue weighted by atomic mass is 10.1. The fourth-order valence-corrected chi connectivity index (χ4v) is 2.14. The smallest absolute Gasteiger partial charge is 0.340 e. The summed E-state index contributed by atoms with van der Waals surface area (Å²) in [5, 5.41) is 9.28. The molecule has 0 aromatic carbocycles. The third kappa shape index (κ3) is 3.31. The van der Waals surface area contributed by atoms with E-state index in [-0.39, 0.29) is 6.04 Å². The van der Waals surface area contributed by atoms with E-state index in [0.29, 0.717) is 35.7 Å². The average Bonchev–Trinajstić information content (AvgIpc) is 2.32. The summed E-state index contributed by atoms with van der Waals surface area (Å²) in [6, 6.07) is 3.76. The molecule has 6 heteroatoms. The maximum Gasteiger partial charge on any atom is 0.340 e. The van der Waals surface area contributed by atoms with Gasteiger partial charge < -0.3 is 15.4 Å². The number of rotatable bonds is 2. The highest BCUT2D eigenvalue weighted by atomic mass is 16.6. The minimum absolute atomic E-state index is 0.115. The van der Waals surface area contributed by atoms with Crippen molar-refractivity contribution in [1.82, 2.24) is 4.98 Å². The fraction of sp³-hybridized carbons (Fsp3) is 0.533. The van der Waals surface area contributed by atoms with Gasteiger partial charge in [-0.05, 0) is 33.8 Å². The van der Waals surface area contributed by atoms with Crippen LogP contribution < -0.4 is 10.6 Å². The Balaban J connectivity index is 2.33. The van der Waals surface area contributed by atoms with Gasteiger partial charge in [-0.25, -0.2) is 9.78 Å². The van der Waals surface area contributed by atoms with E-state index in [1.807, 2.05) is 4.90 Å². The Kier molecular flexibility index (Phi) is 3.88. The number of hydrogen-bond donors (Lipinski definition) is 1. The Labute approximate surface area is 124 Å². The average molecular weight is 288 g/mol. The Morgan fingerprint density at radius 1 is 1.52 bits per heavy atom. The first-order chi connectivity index (χ1) is 9.71. The van der Waals surface area contributed by atoms with Crippen LogP contribution in [0.3, 0.4) is 0 Å². The maximum absolute atomic E-state index is 12.2. The first-order valence-electron chi connectivity index (χ1n) is 6.87. The van der Waals surface area contributed by atoms with Gasteiger partial charge in [0, 0.05) is 19.1 Å². The molecule has 0 saturated carbocycles. The number of nitrogens with zero attached hydrogens (tertiary/aromatic N) is 3. The summed E-state index contributed by atoms with van der Waals surface area (Å²) in [4.78, 5) is 18.5. The van der Waals surface area contributed by atoms with Crippen molar-refractivity contribution in [3.63, 3.8) is 0 Å². The van der Waals surface area contributed by atoms with Crippen LogP contribution >= 0.6 is 0 Å². The van der Waals surface area contributed by atoms with Gasteiger partial charge in [0.25, 0.3) is 0 Å². The van der Waals surface area contributed by atoms with E-state index in [2.05, 4.69) is 11.1 Å². The van der Waals surface area contributed by atoms with Gasteiger partial charge >= 0.3 is 5.97 Å². The van der Waals surface area contributed by atoms with Gasteiger partial charge in [0.15, 0.2) is 0 Å². The molecule has 2 heterocycles. The lowest BCUT2D eigenvalue weighted by Gasteiger charge is -2.38. The lowest BCUT2D eigenvalue weighted by molar-refractivity contribution is 0.00682. The Morgan fingerprint density at radius 2 is 2.14 bits per heavy atom. The van der Waals surface area contributed by atoms with Crippen LogP contribution in [0, 0.1) is 18.3 Å². The minimum atomic E-state index is -0.584. The van der Waals surface area contributed by atoms with Crippen LogP contribution in [0.5, 0.6) is 0 Å². The Bertz CT molecular complexity index is 607. The molecule has 1 fully saturated rings. The highest BCUT2D eigenvalue weighted by molar-refractivity contribution is 5.91. The molecule has 0 spiro atoms. The van der Waals surface area contributed by atoms with Crippen molar-refractivity contribution in [2.45, 2.75) is 39.3 Å². The molecule has 0 radical (unpaired) electrons. The zero-order chi connectivity index (χ0) is 15.8. The van der Waals surface area contributed by atoms with E-state index in [9.17, 15) is 10.1 Å². The predicted molar refractivity (Wildman–Crippen MR) is 79.0 cm³/mol. The first kappa shape index (κ1) is 15.3. The van der Waals surface area contributed by atoms with Crippen LogP contribution in [0.2, 0.25) is 0 Å². The second-order valence-electron chi connectivity index (χ2n) is 6.27. The summed E-state index contributed by atoms with van der Waals surface area (Å²) in [6.45, 7) is 8.49. The van der Waals surface area contributed by atoms with Crippen molar-refractivity contribution in [3.05, 3.63) is 22.9 Å². The number of aryl methyl sites for hydroxylation is 1. The molecule has 0 aliphatic carbocycles. The maximum atomic E-state index is 12.2. The molecule has 0 atom stereocenters. The molecular weight excluding hydrogens is 268 g/mol. The van der Waals surface area contributed by atoms with Crippen molar-refractivity contribution in [2.75, 3.05) is 18.0 Å². The van der Waals surface area contributed by atoms with Crippen LogP contribution in [-0.2, 0) is 4.74 Å². The van der Waals surface area contributed by atoms with Crippen LogP contribution in [0.25, 0.3) is 0 Å². The molecule has 0 bridgehead atoms. The van der Waals surface area contributed by atoms with Gasteiger partial charge in [-0.1, -0.05) is 0 Å². The minimum Gasteiger partial charge on any atom is -0.456 e. The first-order valence-corrected chi connectivity index (χ1v) is 6.87. The largest absolute Gasteiger partial charge is 0.456 e. The molecule has 112 valence electrons. The van der Waals surface area contributed by atoms with Crippen molar-refractivity contribution in [2.24, 2.45) is 5.73 Å². The SMILES string of the molecule is Cc1nc(N2CC(N)C2)c(C#N)cc1C(=O)OC(C)(C)C. The lowest BCUT2D eigenvalue weighted by Crippen LogP contribution is -2.56. The molecular formula is C15H20N4O2. The van der Waals surface area contributed by atoms with Crippen molar-refractivity contribution in [3.8, 4) is 6.07 Å². The highest BCUT2D eigenvalue weighted by Crippen LogP contribution is 2.25. The zero-order valence-electron chi connectivity index (χ0n) is 12.8. The van der Waals surface area contributed by atoms with Crippen LogP contribution in [-0.4, -0.2) is 35.7 Å². The second-order valence-corrected chi connectivity index (χ2v) is 6.27. The molecule has 2 N–H and O–H groups in total. The number of ether oxygens (including phenoxy) is 1. The summed E-state index contributed by atoms with van der Waals surface area (Å²) in [5.74, 6) is 0.125. The topological polar surface area (TPSA) is 92.2 Å². The summed E-state index contributed by atoms with van der Waals surface area (Å²) in [7, 11) is 0. The molecule has 1 aliphatic rings. The molecule has 0 amide bonds. The summed E-state index contributed by atoms with van der Waals surface area (Å²) in [5.41, 5.74) is 6.42. The monoisotopic (exact) mass is 288 g/mol. The quantitative estimate of drug-likeness (QED) is 0.826. The predicted octanol–water partition coefficient (Wildman–Crippen LogP) is 1.36. The molecule has 1 aliphatic heterocycles. The molecule has 1 saturated heterocycles. The second kappa shape index (κ2) is 5.34. The van der Waals surface area contributed by atoms with Crippen molar-refractivity contribution in [1.29, 1.82) is 5.26 Å². The van der Waals surface area contributed by atoms with E-state index in [4.69, 9.17) is 10.5 Å². The zero-order valence-corrected chi connectivity index (χ0v) is 12.8. The number of esters is 1. The van der Waals surface area contributed by atoms with Crippen molar-refractivity contribution < 1.29 is 9.53 Å². The number of aromatic nitrogens is 1. The normalized spacial score (nSPS) is 15.3. The van der Waals surface area contributed by atoms with Gasteiger partial charge in [-0.2, -0.15) is 5.26 Å². The van der Waals surface area contributed by atoms with E-state index in [0.717, 1.165) is 0 Å². The van der Waals surface area contributed by atoms with Crippen LogP contribution in [0.15, 0.2) is 6.07 Å². The number of hydrogen-bond acceptors (Lipinski definition) is 6. The van der Waals surface area contributed by atoms with E-state index in [1.54, 1.807) is 33.8 Å². The summed E-state index contributed by atoms with van der Waals surface area (Å²) >= 11 is 0. The number of anilines is 1. The third-order valence-corrected chi connectivity index (χ3v) is 3.14. The van der Waals surface area contributed by atoms with Gasteiger partial charge in [0.05, 0.1) is 16.8 Å². The Morgan fingerprint density at radius 3 is 2.62 bits per heavy atom. The van der Waals surface area contributed by atoms with Gasteiger partial charge in [0.2, 0.25) is 0 Å². The summed E-state index contributed by atoms with van der Waals surface area (Å²) in [6.07, 6.45) is 0. The standard InChI is InChI=1S/C15H20N4O2/c1-9-12(14(20)21-15(2,3)4)5-10(6-16)13(18-9)19-7-11(17)8-19/h5,11H,7-8,17H2,1-4H3. The van der Waals surface area contributed by atoms with Crippen molar-refractivity contribution >= 4 is 11.8 Å². The van der Waals surface area contributed by atoms with Crippen LogP contribution in [0.4, 0.5) is 5.82 Å². The number of carbonyl (C=O) groups is 1. The third-order valence-electron chi connectivity index (χ3n) is 3.14. The number of pyridine rings is 1.